The molecule has 1 fully saturated rings. The Balaban J connectivity index is 2.89. The van der Waals surface area contributed by atoms with Gasteiger partial charge in [0.25, 0.3) is 0 Å². The van der Waals surface area contributed by atoms with Crippen LogP contribution in [-0.4, -0.2) is 64.4 Å². The van der Waals surface area contributed by atoms with Crippen LogP contribution in [0.1, 0.15) is 13.8 Å². The van der Waals surface area contributed by atoms with E-state index in [1.165, 1.54) is 6.92 Å². The molecule has 1 amide bonds. The van der Waals surface area contributed by atoms with E-state index in [1.807, 2.05) is 0 Å². The van der Waals surface area contributed by atoms with Crippen LogP contribution in [0.2, 0.25) is 0 Å². The number of carbonyl (C=O) groups is 2. The third-order valence-electron chi connectivity index (χ3n) is 2.54. The molecular formula is C10H17NO7. The molecule has 1 saturated heterocycles. The van der Waals surface area contributed by atoms with Crippen molar-refractivity contribution < 1.29 is 34.4 Å². The normalized spacial score (nSPS) is 35.9. The number of carbonyl (C=O) groups excluding carboxylic acids is 2. The van der Waals surface area contributed by atoms with Gasteiger partial charge in [0.15, 0.2) is 12.4 Å². The second-order valence-corrected chi connectivity index (χ2v) is 4.04. The van der Waals surface area contributed by atoms with Crippen molar-refractivity contribution in [1.82, 2.24) is 5.32 Å². The Morgan fingerprint density at radius 2 is 1.94 bits per heavy atom. The maximum Gasteiger partial charge on any atom is 0.303 e. The van der Waals surface area contributed by atoms with Crippen LogP contribution in [0.4, 0.5) is 0 Å². The average Bonchev–Trinajstić information content (AvgIpc) is 2.27. The fourth-order valence-corrected chi connectivity index (χ4v) is 1.80. The van der Waals surface area contributed by atoms with Gasteiger partial charge in [0.2, 0.25) is 5.91 Å². The zero-order valence-corrected chi connectivity index (χ0v) is 10.1. The number of rotatable bonds is 3. The first-order valence-electron chi connectivity index (χ1n) is 5.43. The van der Waals surface area contributed by atoms with Crippen LogP contribution < -0.4 is 5.32 Å². The van der Waals surface area contributed by atoms with E-state index in [0.29, 0.717) is 0 Å². The van der Waals surface area contributed by atoms with Crippen molar-refractivity contribution in [2.75, 3.05) is 6.61 Å². The van der Waals surface area contributed by atoms with Crippen LogP contribution >= 0.6 is 0 Å². The topological polar surface area (TPSA) is 125 Å². The van der Waals surface area contributed by atoms with E-state index >= 15 is 0 Å². The fourth-order valence-electron chi connectivity index (χ4n) is 1.80. The summed E-state index contributed by atoms with van der Waals surface area (Å²) in [5, 5.41) is 30.8. The number of nitrogens with one attached hydrogen (secondary N) is 1. The number of aliphatic hydroxyl groups excluding tert-OH is 3. The first kappa shape index (κ1) is 14.8. The molecule has 0 unspecified atom stereocenters. The average molecular weight is 263 g/mol. The molecule has 0 bridgehead atoms. The summed E-state index contributed by atoms with van der Waals surface area (Å²) in [6, 6.07) is -1.09. The Kier molecular flexibility index (Phi) is 5.03. The van der Waals surface area contributed by atoms with Crippen molar-refractivity contribution in [2.45, 2.75) is 44.5 Å². The van der Waals surface area contributed by atoms with E-state index in [1.54, 1.807) is 0 Å². The lowest BCUT2D eigenvalue weighted by atomic mass is 9.96. The smallest absolute Gasteiger partial charge is 0.303 e. The third kappa shape index (κ3) is 3.39. The second kappa shape index (κ2) is 6.10. The van der Waals surface area contributed by atoms with Gasteiger partial charge < -0.3 is 30.1 Å². The summed E-state index contributed by atoms with van der Waals surface area (Å²) in [6.07, 6.45) is -5.11. The molecule has 8 heteroatoms. The van der Waals surface area contributed by atoms with E-state index < -0.39 is 49.1 Å². The van der Waals surface area contributed by atoms with E-state index in [4.69, 9.17) is 14.6 Å². The minimum absolute atomic E-state index is 0.477. The van der Waals surface area contributed by atoms with Crippen LogP contribution in [0, 0.1) is 0 Å². The van der Waals surface area contributed by atoms with Crippen LogP contribution in [0.3, 0.4) is 0 Å². The molecule has 4 N–H and O–H groups in total. The minimum Gasteiger partial charge on any atom is -0.457 e. The predicted octanol–water partition coefficient (Wildman–Crippen LogP) is -2.51. The molecular weight excluding hydrogens is 246 g/mol. The van der Waals surface area contributed by atoms with Crippen LogP contribution in [-0.2, 0) is 19.1 Å². The first-order valence-corrected chi connectivity index (χ1v) is 5.43. The number of amides is 1. The monoisotopic (exact) mass is 263 g/mol. The highest BCUT2D eigenvalue weighted by molar-refractivity contribution is 5.73. The van der Waals surface area contributed by atoms with Crippen LogP contribution in [0.5, 0.6) is 0 Å². The minimum atomic E-state index is -1.49. The van der Waals surface area contributed by atoms with Gasteiger partial charge in [0.05, 0.1) is 6.61 Å². The first-order chi connectivity index (χ1) is 8.36. The number of ether oxygens (including phenoxy) is 2. The molecule has 0 aliphatic carbocycles. The SMILES string of the molecule is CC(=O)N[C@@H]1[C@@H](OC(C)=O)[C@@H](O)[C@H](CO)O[C@@H]1O. The van der Waals surface area contributed by atoms with Gasteiger partial charge in [-0.2, -0.15) is 0 Å². The van der Waals surface area contributed by atoms with Crippen LogP contribution in [0.25, 0.3) is 0 Å². The highest BCUT2D eigenvalue weighted by atomic mass is 16.6. The standard InChI is InChI=1S/C10H17NO7/c1-4(13)11-7-9(17-5(2)14)8(15)6(3-12)18-10(7)16/h6-10,12,15-16H,3H2,1-2H3,(H,11,13)/t6-,7+,8-,9+,10-/m0/s1. The molecule has 1 rings (SSSR count). The molecule has 0 aromatic carbocycles. The van der Waals surface area contributed by atoms with Gasteiger partial charge in [0.1, 0.15) is 18.2 Å². The molecule has 5 atom stereocenters. The Labute approximate surface area is 104 Å². The summed E-state index contributed by atoms with van der Waals surface area (Å²) in [4.78, 5) is 22.0. The van der Waals surface area contributed by atoms with E-state index in [-0.39, 0.29) is 0 Å². The summed E-state index contributed by atoms with van der Waals surface area (Å²) in [7, 11) is 0. The summed E-state index contributed by atoms with van der Waals surface area (Å²) in [6.45, 7) is 1.79. The molecule has 1 aliphatic rings. The molecule has 8 nitrogen and oxygen atoms in total. The van der Waals surface area contributed by atoms with Crippen molar-refractivity contribution in [3.8, 4) is 0 Å². The van der Waals surface area contributed by atoms with Gasteiger partial charge in [-0.05, 0) is 0 Å². The van der Waals surface area contributed by atoms with E-state index in [0.717, 1.165) is 6.92 Å². The summed E-state index contributed by atoms with van der Waals surface area (Å²) < 4.78 is 9.79. The molecule has 0 aromatic rings. The van der Waals surface area contributed by atoms with Gasteiger partial charge in [0, 0.05) is 13.8 Å². The number of hydrogen-bond acceptors (Lipinski definition) is 7. The molecule has 0 spiro atoms. The lowest BCUT2D eigenvalue weighted by Crippen LogP contribution is -2.65. The van der Waals surface area contributed by atoms with Crippen molar-refractivity contribution in [3.05, 3.63) is 0 Å². The van der Waals surface area contributed by atoms with Crippen LogP contribution in [0.15, 0.2) is 0 Å². The van der Waals surface area contributed by atoms with Crippen molar-refractivity contribution in [2.24, 2.45) is 0 Å². The maximum atomic E-state index is 11.0. The summed E-state index contributed by atoms with van der Waals surface area (Å²) in [5.41, 5.74) is 0. The van der Waals surface area contributed by atoms with Crippen molar-refractivity contribution in [1.29, 1.82) is 0 Å². The molecule has 0 saturated carbocycles. The lowest BCUT2D eigenvalue weighted by molar-refractivity contribution is -0.258. The molecule has 18 heavy (non-hydrogen) atoms. The maximum absolute atomic E-state index is 11.0. The summed E-state index contributed by atoms with van der Waals surface area (Å²) in [5.74, 6) is -1.16. The third-order valence-corrected chi connectivity index (χ3v) is 2.54. The Morgan fingerprint density at radius 3 is 2.39 bits per heavy atom. The zero-order valence-electron chi connectivity index (χ0n) is 10.1. The molecule has 1 heterocycles. The predicted molar refractivity (Wildman–Crippen MR) is 57.1 cm³/mol. The quantitative estimate of drug-likeness (QED) is 0.414. The number of hydrogen-bond donors (Lipinski definition) is 4. The largest absolute Gasteiger partial charge is 0.457 e. The van der Waals surface area contributed by atoms with Gasteiger partial charge in [-0.1, -0.05) is 0 Å². The second-order valence-electron chi connectivity index (χ2n) is 4.04. The van der Waals surface area contributed by atoms with Crippen molar-refractivity contribution >= 4 is 11.9 Å². The Morgan fingerprint density at radius 1 is 1.33 bits per heavy atom. The highest BCUT2D eigenvalue weighted by Crippen LogP contribution is 2.22. The zero-order chi connectivity index (χ0) is 13.9. The summed E-state index contributed by atoms with van der Waals surface area (Å²) >= 11 is 0. The number of esters is 1. The van der Waals surface area contributed by atoms with Crippen molar-refractivity contribution in [3.63, 3.8) is 0 Å². The Bertz CT molecular complexity index is 321. The molecule has 104 valence electrons. The van der Waals surface area contributed by atoms with Gasteiger partial charge in [-0.15, -0.1) is 0 Å². The fraction of sp³-hybridized carbons (Fsp3) is 0.800. The highest BCUT2D eigenvalue weighted by Gasteiger charge is 2.46. The van der Waals surface area contributed by atoms with Gasteiger partial charge in [-0.3, -0.25) is 9.59 Å². The van der Waals surface area contributed by atoms with Gasteiger partial charge in [-0.25, -0.2) is 0 Å². The molecule has 0 radical (unpaired) electrons. The van der Waals surface area contributed by atoms with E-state index in [9.17, 15) is 19.8 Å². The van der Waals surface area contributed by atoms with E-state index in [2.05, 4.69) is 5.32 Å². The molecule has 1 aliphatic heterocycles. The van der Waals surface area contributed by atoms with Gasteiger partial charge >= 0.3 is 5.97 Å². The molecule has 0 aromatic heterocycles. The number of aliphatic hydroxyl groups is 3. The Hall–Kier alpha value is -1.22. The lowest BCUT2D eigenvalue weighted by Gasteiger charge is -2.41.